The fourth-order valence-corrected chi connectivity index (χ4v) is 5.44. The molecule has 0 aromatic carbocycles. The molecule has 6 heteroatoms. The Morgan fingerprint density at radius 3 is 2.50 bits per heavy atom. The van der Waals surface area contributed by atoms with Gasteiger partial charge in [0, 0.05) is 32.1 Å². The number of ether oxygens (including phenoxy) is 3. The van der Waals surface area contributed by atoms with Gasteiger partial charge in [-0.05, 0) is 42.6 Å². The van der Waals surface area contributed by atoms with Crippen molar-refractivity contribution in [2.75, 3.05) is 6.61 Å². The largest absolute Gasteiger partial charge is 0.465 e. The highest BCUT2D eigenvalue weighted by molar-refractivity contribution is 5.72. The summed E-state index contributed by atoms with van der Waals surface area (Å²) < 4.78 is 16.6. The smallest absolute Gasteiger partial charge is 0.311 e. The van der Waals surface area contributed by atoms with E-state index in [1.807, 2.05) is 0 Å². The molecule has 0 saturated heterocycles. The summed E-state index contributed by atoms with van der Waals surface area (Å²) in [5, 5.41) is 0. The molecule has 26 heavy (non-hydrogen) atoms. The molecule has 2 aliphatic carbocycles. The number of hydrogen-bond donors (Lipinski definition) is 0. The zero-order chi connectivity index (χ0) is 19.1. The van der Waals surface area contributed by atoms with E-state index in [2.05, 4.69) is 13.8 Å². The zero-order valence-electron chi connectivity index (χ0n) is 16.1. The molecule has 0 unspecified atom stereocenters. The second kappa shape index (κ2) is 6.71. The summed E-state index contributed by atoms with van der Waals surface area (Å²) in [4.78, 5) is 34.8. The zero-order valence-corrected chi connectivity index (χ0v) is 16.1. The van der Waals surface area contributed by atoms with Gasteiger partial charge in [-0.3, -0.25) is 14.4 Å². The highest BCUT2D eigenvalue weighted by Gasteiger charge is 2.59. The molecule has 0 radical (unpaired) electrons. The lowest BCUT2D eigenvalue weighted by Crippen LogP contribution is -2.57. The van der Waals surface area contributed by atoms with Crippen LogP contribution < -0.4 is 0 Å². The van der Waals surface area contributed by atoms with E-state index in [0.29, 0.717) is 19.3 Å². The van der Waals surface area contributed by atoms with Gasteiger partial charge in [-0.15, -0.1) is 0 Å². The maximum Gasteiger partial charge on any atom is 0.311 e. The topological polar surface area (TPSA) is 78.9 Å². The predicted molar refractivity (Wildman–Crippen MR) is 92.7 cm³/mol. The molecule has 1 saturated carbocycles. The van der Waals surface area contributed by atoms with Gasteiger partial charge in [-0.2, -0.15) is 0 Å². The summed E-state index contributed by atoms with van der Waals surface area (Å²) in [5.41, 5.74) is 0.619. The van der Waals surface area contributed by atoms with Crippen molar-refractivity contribution in [3.8, 4) is 0 Å². The second-order valence-electron chi connectivity index (χ2n) is 8.31. The van der Waals surface area contributed by atoms with Crippen LogP contribution in [0.15, 0.2) is 11.3 Å². The Labute approximate surface area is 154 Å². The quantitative estimate of drug-likeness (QED) is 0.565. The van der Waals surface area contributed by atoms with Gasteiger partial charge in [0.2, 0.25) is 0 Å². The van der Waals surface area contributed by atoms with E-state index in [1.165, 1.54) is 19.4 Å². The number of esters is 3. The van der Waals surface area contributed by atoms with Gasteiger partial charge >= 0.3 is 17.9 Å². The fourth-order valence-electron chi connectivity index (χ4n) is 5.44. The van der Waals surface area contributed by atoms with Crippen LogP contribution in [-0.4, -0.2) is 30.6 Å². The first-order valence-corrected chi connectivity index (χ1v) is 9.40. The molecule has 6 nitrogen and oxygen atoms in total. The van der Waals surface area contributed by atoms with Crippen LogP contribution in [0.1, 0.15) is 66.2 Å². The van der Waals surface area contributed by atoms with E-state index in [9.17, 15) is 14.4 Å². The maximum absolute atomic E-state index is 11.7. The first kappa shape index (κ1) is 18.9. The van der Waals surface area contributed by atoms with E-state index in [1.54, 1.807) is 0 Å². The van der Waals surface area contributed by atoms with E-state index >= 15 is 0 Å². The molecule has 0 N–H and O–H groups in total. The number of hydrogen-bond acceptors (Lipinski definition) is 6. The molecule has 3 aliphatic rings. The summed E-state index contributed by atoms with van der Waals surface area (Å²) >= 11 is 0. The summed E-state index contributed by atoms with van der Waals surface area (Å²) in [6.07, 6.45) is 3.93. The number of allylic oxidation sites excluding steroid dienone is 2. The van der Waals surface area contributed by atoms with Crippen molar-refractivity contribution in [1.82, 2.24) is 0 Å². The van der Waals surface area contributed by atoms with Gasteiger partial charge in [0.15, 0.2) is 0 Å². The molecule has 3 rings (SSSR count). The van der Waals surface area contributed by atoms with Crippen molar-refractivity contribution < 1.29 is 28.6 Å². The summed E-state index contributed by atoms with van der Waals surface area (Å²) in [5.74, 6) is 0.225. The molecule has 1 heterocycles. The molecule has 1 fully saturated rings. The number of carbonyl (C=O) groups excluding carboxylic acids is 3. The Kier molecular flexibility index (Phi) is 4.88. The number of fused-ring (bicyclic) bond motifs is 2. The van der Waals surface area contributed by atoms with Crippen LogP contribution in [0, 0.1) is 16.7 Å². The van der Waals surface area contributed by atoms with Crippen LogP contribution in [0.4, 0.5) is 0 Å². The number of rotatable bonds is 3. The first-order chi connectivity index (χ1) is 12.2. The van der Waals surface area contributed by atoms with Crippen LogP contribution in [0.3, 0.4) is 0 Å². The first-order valence-electron chi connectivity index (χ1n) is 9.40. The summed E-state index contributed by atoms with van der Waals surface area (Å²) in [7, 11) is 0. The third kappa shape index (κ3) is 3.14. The van der Waals surface area contributed by atoms with Crippen LogP contribution in [0.5, 0.6) is 0 Å². The molecule has 4 atom stereocenters. The van der Waals surface area contributed by atoms with Crippen molar-refractivity contribution >= 4 is 17.9 Å². The third-order valence-electron chi connectivity index (χ3n) is 6.62. The summed E-state index contributed by atoms with van der Waals surface area (Å²) in [6, 6.07) is 0. The molecule has 1 aliphatic heterocycles. The van der Waals surface area contributed by atoms with E-state index in [0.717, 1.165) is 25.0 Å². The minimum absolute atomic E-state index is 0.139. The van der Waals surface area contributed by atoms with Crippen LogP contribution in [-0.2, 0) is 28.6 Å². The summed E-state index contributed by atoms with van der Waals surface area (Å²) in [6.45, 7) is 7.33. The van der Waals surface area contributed by atoms with E-state index in [4.69, 9.17) is 14.2 Å². The molecule has 0 bridgehead atoms. The molecule has 144 valence electrons. The normalized spacial score (nSPS) is 36.5. The second-order valence-corrected chi connectivity index (χ2v) is 8.31. The fraction of sp³-hybridized carbons (Fsp3) is 0.750. The van der Waals surface area contributed by atoms with E-state index < -0.39 is 5.41 Å². The van der Waals surface area contributed by atoms with Crippen molar-refractivity contribution in [2.24, 2.45) is 16.7 Å². The molecule has 0 aromatic heterocycles. The van der Waals surface area contributed by atoms with Gasteiger partial charge in [-0.25, -0.2) is 0 Å². The Balaban J connectivity index is 1.97. The van der Waals surface area contributed by atoms with Crippen LogP contribution >= 0.6 is 0 Å². The monoisotopic (exact) mass is 364 g/mol. The van der Waals surface area contributed by atoms with Gasteiger partial charge < -0.3 is 14.2 Å². The number of carbonyl (C=O) groups is 3. The lowest BCUT2D eigenvalue weighted by Gasteiger charge is -2.58. The Bertz CT molecular complexity index is 665. The minimum atomic E-state index is -0.468. The molecule has 0 aromatic rings. The van der Waals surface area contributed by atoms with E-state index in [-0.39, 0.29) is 42.0 Å². The Morgan fingerprint density at radius 2 is 1.85 bits per heavy atom. The van der Waals surface area contributed by atoms with Gasteiger partial charge in [0.25, 0.3) is 0 Å². The Hall–Kier alpha value is -1.85. The van der Waals surface area contributed by atoms with Crippen molar-refractivity contribution in [3.63, 3.8) is 0 Å². The van der Waals surface area contributed by atoms with Crippen LogP contribution in [0.2, 0.25) is 0 Å². The van der Waals surface area contributed by atoms with Crippen molar-refractivity contribution in [3.05, 3.63) is 11.3 Å². The Morgan fingerprint density at radius 1 is 1.12 bits per heavy atom. The molecular weight excluding hydrogens is 336 g/mol. The molecular formula is C20H28O6. The molecule has 0 spiro atoms. The third-order valence-corrected chi connectivity index (χ3v) is 6.62. The van der Waals surface area contributed by atoms with Crippen molar-refractivity contribution in [2.45, 2.75) is 72.3 Å². The average Bonchev–Trinajstić information content (AvgIpc) is 2.55. The van der Waals surface area contributed by atoms with Gasteiger partial charge in [0.05, 0.1) is 0 Å². The minimum Gasteiger partial charge on any atom is -0.465 e. The standard InChI is InChI=1S/C20H28O6/c1-12(21)24-11-20(4)16-7-6-15-14(5-8-18(23)26-15)19(16,3)10-9-17(20)25-13(2)22/h16-17H,5-11H2,1-4H3/t16-,17+,19-,20-/m0/s1. The maximum atomic E-state index is 11.7. The predicted octanol–water partition coefficient (Wildman–Crippen LogP) is 3.29. The SMILES string of the molecule is CC(=O)OC[C@@]1(C)[C@H]2CCC3=C(CCC(=O)O3)[C@]2(C)CC[C@H]1OC(C)=O. The average molecular weight is 364 g/mol. The van der Waals surface area contributed by atoms with Gasteiger partial charge in [-0.1, -0.05) is 13.8 Å². The highest BCUT2D eigenvalue weighted by Crippen LogP contribution is 2.61. The van der Waals surface area contributed by atoms with Crippen molar-refractivity contribution in [1.29, 1.82) is 0 Å². The van der Waals surface area contributed by atoms with Crippen LogP contribution in [0.25, 0.3) is 0 Å². The highest BCUT2D eigenvalue weighted by atomic mass is 16.6. The lowest BCUT2D eigenvalue weighted by atomic mass is 9.49. The van der Waals surface area contributed by atoms with Gasteiger partial charge in [0.1, 0.15) is 18.5 Å². The lowest BCUT2D eigenvalue weighted by molar-refractivity contribution is -0.183. The molecule has 0 amide bonds.